The molecule has 182 valence electrons. The average Bonchev–Trinajstić information content (AvgIpc) is 3.24. The van der Waals surface area contributed by atoms with Crippen molar-refractivity contribution >= 4 is 16.7 Å². The average molecular weight is 477 g/mol. The van der Waals surface area contributed by atoms with Crippen LogP contribution >= 0.6 is 0 Å². The Morgan fingerprint density at radius 1 is 0.971 bits per heavy atom. The second-order valence-corrected chi connectivity index (χ2v) is 8.31. The van der Waals surface area contributed by atoms with Crippen LogP contribution in [0, 0.1) is 0 Å². The van der Waals surface area contributed by atoms with Crippen molar-refractivity contribution < 1.29 is 19.7 Å². The van der Waals surface area contributed by atoms with Gasteiger partial charge in [0.05, 0.1) is 49.3 Å². The third-order valence-electron chi connectivity index (χ3n) is 6.30. The predicted octanol–water partition coefficient (Wildman–Crippen LogP) is 2.32. The maximum absolute atomic E-state index is 10.9. The van der Waals surface area contributed by atoms with Crippen LogP contribution < -0.4 is 14.4 Å². The summed E-state index contributed by atoms with van der Waals surface area (Å²) in [4.78, 5) is 18.1. The molecule has 10 heteroatoms. The summed E-state index contributed by atoms with van der Waals surface area (Å²) in [5, 5.41) is 20.6. The number of fused-ring (bicyclic) bond motifs is 1. The number of nitrogens with zero attached hydrogens (tertiary/aromatic N) is 6. The Balaban J connectivity index is 1.39. The van der Waals surface area contributed by atoms with Gasteiger partial charge in [-0.1, -0.05) is 0 Å². The van der Waals surface area contributed by atoms with Gasteiger partial charge in [0.2, 0.25) is 5.88 Å². The molecule has 10 nitrogen and oxygen atoms in total. The van der Waals surface area contributed by atoms with Crippen LogP contribution in [-0.4, -0.2) is 88.2 Å². The highest BCUT2D eigenvalue weighted by atomic mass is 16.5. The number of β-amino-alcohol motifs (C(OH)–C–C–N with tert-alkyl or cyclic N) is 1. The van der Waals surface area contributed by atoms with Gasteiger partial charge in [-0.05, 0) is 30.3 Å². The summed E-state index contributed by atoms with van der Waals surface area (Å²) >= 11 is 0. The smallest absolute Gasteiger partial charge is 0.256 e. The summed E-state index contributed by atoms with van der Waals surface area (Å²) in [5.74, 6) is 1.93. The van der Waals surface area contributed by atoms with Gasteiger partial charge in [-0.25, -0.2) is 15.0 Å². The van der Waals surface area contributed by atoms with Gasteiger partial charge >= 0.3 is 0 Å². The fourth-order valence-corrected chi connectivity index (χ4v) is 4.35. The van der Waals surface area contributed by atoms with Gasteiger partial charge in [-0.15, -0.1) is 0 Å². The number of ether oxygens (including phenoxy) is 2. The molecule has 1 aliphatic rings. The van der Waals surface area contributed by atoms with E-state index in [1.807, 2.05) is 30.3 Å². The van der Waals surface area contributed by atoms with Crippen molar-refractivity contribution in [2.45, 2.75) is 0 Å². The lowest BCUT2D eigenvalue weighted by atomic mass is 10.1. The Morgan fingerprint density at radius 2 is 1.80 bits per heavy atom. The van der Waals surface area contributed by atoms with Crippen LogP contribution in [-0.2, 0) is 0 Å². The van der Waals surface area contributed by atoms with E-state index in [-0.39, 0.29) is 12.5 Å². The molecule has 5 rings (SSSR count). The standard InChI is InChI=1S/C25H28N6O4/c1-34-22-13-17(14-27-24(22)35-2)20-5-4-19-21(28-20)16-31(25(19)33)18-3-6-23(26-15-18)30-9-7-29(8-10-30)11-12-32/h3-6,13-16,32-33H,7-12H2,1-2H3. The minimum atomic E-state index is 0.108. The predicted molar refractivity (Wildman–Crippen MR) is 133 cm³/mol. The molecule has 0 bridgehead atoms. The van der Waals surface area contributed by atoms with Crippen LogP contribution in [0.1, 0.15) is 0 Å². The number of hydrogen-bond acceptors (Lipinski definition) is 9. The summed E-state index contributed by atoms with van der Waals surface area (Å²) in [7, 11) is 3.11. The maximum Gasteiger partial charge on any atom is 0.256 e. The summed E-state index contributed by atoms with van der Waals surface area (Å²) in [6, 6.07) is 9.42. The van der Waals surface area contributed by atoms with Crippen molar-refractivity contribution in [3.8, 4) is 34.5 Å². The molecule has 0 unspecified atom stereocenters. The fraction of sp³-hybridized carbons (Fsp3) is 0.320. The van der Waals surface area contributed by atoms with Crippen LogP contribution in [0.3, 0.4) is 0 Å². The number of aliphatic hydroxyl groups is 1. The quantitative estimate of drug-likeness (QED) is 0.415. The van der Waals surface area contributed by atoms with Gasteiger partial charge in [0.1, 0.15) is 5.82 Å². The number of methoxy groups -OCH3 is 2. The topological polar surface area (TPSA) is 109 Å². The van der Waals surface area contributed by atoms with Gasteiger partial charge in [-0.3, -0.25) is 9.47 Å². The highest BCUT2D eigenvalue weighted by molar-refractivity contribution is 5.87. The fourth-order valence-electron chi connectivity index (χ4n) is 4.35. The van der Waals surface area contributed by atoms with Crippen molar-refractivity contribution in [1.29, 1.82) is 0 Å². The molecule has 0 radical (unpaired) electrons. The molecule has 1 fully saturated rings. The second-order valence-electron chi connectivity index (χ2n) is 8.31. The monoisotopic (exact) mass is 476 g/mol. The molecule has 4 aromatic rings. The summed E-state index contributed by atoms with van der Waals surface area (Å²) in [6.07, 6.45) is 5.23. The first-order valence-electron chi connectivity index (χ1n) is 11.5. The Kier molecular flexibility index (Phi) is 6.39. The van der Waals surface area contributed by atoms with Crippen molar-refractivity contribution in [2.24, 2.45) is 0 Å². The zero-order valence-corrected chi connectivity index (χ0v) is 19.8. The SMILES string of the molecule is COc1cc(-c2ccc3c(O)n(-c4ccc(N5CCN(CCO)CC5)nc4)cc3n2)cnc1OC. The Morgan fingerprint density at radius 3 is 2.49 bits per heavy atom. The molecule has 4 aromatic heterocycles. The van der Waals surface area contributed by atoms with E-state index in [9.17, 15) is 5.11 Å². The van der Waals surface area contributed by atoms with E-state index in [0.717, 1.165) is 43.2 Å². The highest BCUT2D eigenvalue weighted by Crippen LogP contribution is 2.33. The molecule has 1 saturated heterocycles. The maximum atomic E-state index is 10.9. The number of pyridine rings is 3. The molecule has 0 saturated carbocycles. The van der Waals surface area contributed by atoms with Crippen LogP contribution in [0.15, 0.2) is 48.9 Å². The highest BCUT2D eigenvalue weighted by Gasteiger charge is 2.18. The first-order chi connectivity index (χ1) is 17.1. The lowest BCUT2D eigenvalue weighted by molar-refractivity contribution is 0.188. The third kappa shape index (κ3) is 4.45. The number of hydrogen-bond donors (Lipinski definition) is 2. The second kappa shape index (κ2) is 9.77. The van der Waals surface area contributed by atoms with Gasteiger partial charge < -0.3 is 24.6 Å². The van der Waals surface area contributed by atoms with Crippen LogP contribution in [0.5, 0.6) is 17.5 Å². The van der Waals surface area contributed by atoms with E-state index < -0.39 is 0 Å². The lowest BCUT2D eigenvalue weighted by Crippen LogP contribution is -2.47. The molecule has 0 spiro atoms. The minimum absolute atomic E-state index is 0.108. The number of piperazine rings is 1. The zero-order chi connectivity index (χ0) is 24.4. The normalized spacial score (nSPS) is 14.4. The molecule has 35 heavy (non-hydrogen) atoms. The number of aliphatic hydroxyl groups excluding tert-OH is 1. The van der Waals surface area contributed by atoms with E-state index in [4.69, 9.17) is 19.6 Å². The van der Waals surface area contributed by atoms with E-state index in [1.165, 1.54) is 0 Å². The van der Waals surface area contributed by atoms with Crippen molar-refractivity contribution in [2.75, 3.05) is 58.5 Å². The Labute approximate surface area is 203 Å². The minimum Gasteiger partial charge on any atom is -0.494 e. The van der Waals surface area contributed by atoms with E-state index in [2.05, 4.69) is 19.8 Å². The van der Waals surface area contributed by atoms with Crippen LogP contribution in [0.2, 0.25) is 0 Å². The number of rotatable bonds is 7. The van der Waals surface area contributed by atoms with Gasteiger partial charge in [0, 0.05) is 50.7 Å². The van der Waals surface area contributed by atoms with E-state index in [1.54, 1.807) is 37.4 Å². The summed E-state index contributed by atoms with van der Waals surface area (Å²) < 4.78 is 12.3. The number of anilines is 1. The largest absolute Gasteiger partial charge is 0.494 e. The first kappa shape index (κ1) is 22.9. The van der Waals surface area contributed by atoms with E-state index >= 15 is 0 Å². The van der Waals surface area contributed by atoms with E-state index in [0.29, 0.717) is 34.8 Å². The molecular weight excluding hydrogens is 448 g/mol. The van der Waals surface area contributed by atoms with Gasteiger partial charge in [0.15, 0.2) is 5.75 Å². The molecule has 0 atom stereocenters. The first-order valence-corrected chi connectivity index (χ1v) is 11.5. The summed E-state index contributed by atoms with van der Waals surface area (Å²) in [6.45, 7) is 4.42. The Bertz CT molecular complexity index is 1320. The number of aromatic hydroxyl groups is 1. The van der Waals surface area contributed by atoms with Gasteiger partial charge in [-0.2, -0.15) is 0 Å². The third-order valence-corrected chi connectivity index (χ3v) is 6.30. The molecule has 2 N–H and O–H groups in total. The number of aromatic nitrogens is 4. The van der Waals surface area contributed by atoms with Crippen molar-refractivity contribution in [3.63, 3.8) is 0 Å². The molecular formula is C25H28N6O4. The van der Waals surface area contributed by atoms with Crippen molar-refractivity contribution in [1.82, 2.24) is 24.4 Å². The Hall–Kier alpha value is -3.89. The van der Waals surface area contributed by atoms with Gasteiger partial charge in [0.25, 0.3) is 5.88 Å². The molecule has 0 amide bonds. The van der Waals surface area contributed by atoms with Crippen LogP contribution in [0.25, 0.3) is 27.8 Å². The molecule has 0 aliphatic carbocycles. The zero-order valence-electron chi connectivity index (χ0n) is 19.8. The van der Waals surface area contributed by atoms with Crippen molar-refractivity contribution in [3.05, 3.63) is 48.9 Å². The molecule has 5 heterocycles. The molecule has 1 aliphatic heterocycles. The van der Waals surface area contributed by atoms with Crippen LogP contribution in [0.4, 0.5) is 5.82 Å². The molecule has 0 aromatic carbocycles. The lowest BCUT2D eigenvalue weighted by Gasteiger charge is -2.35. The summed E-state index contributed by atoms with van der Waals surface area (Å²) in [5.41, 5.74) is 2.88.